The van der Waals surface area contributed by atoms with Gasteiger partial charge in [-0.05, 0) is 43.4 Å². The second-order valence-corrected chi connectivity index (χ2v) is 5.54. The van der Waals surface area contributed by atoms with Crippen molar-refractivity contribution in [2.24, 2.45) is 0 Å². The van der Waals surface area contributed by atoms with Crippen molar-refractivity contribution >= 4 is 16.9 Å². The Morgan fingerprint density at radius 2 is 2.14 bits per heavy atom. The van der Waals surface area contributed by atoms with Crippen LogP contribution < -0.4 is 5.43 Å². The van der Waals surface area contributed by atoms with Gasteiger partial charge in [0.05, 0.1) is 10.9 Å². The molecule has 1 saturated carbocycles. The Kier molecular flexibility index (Phi) is 3.08. The van der Waals surface area contributed by atoms with Crippen LogP contribution in [0.25, 0.3) is 10.9 Å². The predicted molar refractivity (Wildman–Crippen MR) is 77.5 cm³/mol. The maximum Gasteiger partial charge on any atom is 0.341 e. The first-order chi connectivity index (χ1) is 9.95. The summed E-state index contributed by atoms with van der Waals surface area (Å²) in [7, 11) is 0. The summed E-state index contributed by atoms with van der Waals surface area (Å²) in [6.45, 7) is 3.40. The molecule has 0 saturated heterocycles. The molecule has 1 N–H and O–H groups in total. The van der Waals surface area contributed by atoms with Gasteiger partial charge in [0.2, 0.25) is 5.43 Å². The van der Waals surface area contributed by atoms with E-state index in [4.69, 9.17) is 0 Å². The lowest BCUT2D eigenvalue weighted by Crippen LogP contribution is -2.20. The molecule has 0 spiro atoms. The number of rotatable bonds is 3. The lowest BCUT2D eigenvalue weighted by molar-refractivity contribution is 0.0695. The summed E-state index contributed by atoms with van der Waals surface area (Å²) in [6.07, 6.45) is 3.84. The maximum atomic E-state index is 14.3. The fraction of sp³-hybridized carbons (Fsp3) is 0.375. The average Bonchev–Trinajstić information content (AvgIpc) is 3.26. The van der Waals surface area contributed by atoms with Gasteiger partial charge in [0, 0.05) is 12.2 Å². The molecule has 21 heavy (non-hydrogen) atoms. The van der Waals surface area contributed by atoms with Gasteiger partial charge in [-0.15, -0.1) is 0 Å². The molecule has 1 aliphatic rings. The zero-order chi connectivity index (χ0) is 15.3. The van der Waals surface area contributed by atoms with Gasteiger partial charge in [0.15, 0.2) is 0 Å². The van der Waals surface area contributed by atoms with Gasteiger partial charge < -0.3 is 9.67 Å². The first-order valence-corrected chi connectivity index (χ1v) is 7.05. The Morgan fingerprint density at radius 3 is 2.67 bits per heavy atom. The second kappa shape index (κ2) is 4.69. The minimum absolute atomic E-state index is 0.191. The molecular formula is C16H16FNO3. The molecule has 0 bridgehead atoms. The van der Waals surface area contributed by atoms with Crippen LogP contribution >= 0.6 is 0 Å². The van der Waals surface area contributed by atoms with E-state index in [1.807, 2.05) is 11.5 Å². The maximum absolute atomic E-state index is 14.3. The summed E-state index contributed by atoms with van der Waals surface area (Å²) in [5.74, 6) is -1.68. The van der Waals surface area contributed by atoms with E-state index in [1.54, 1.807) is 13.0 Å². The van der Waals surface area contributed by atoms with E-state index < -0.39 is 17.2 Å². The molecule has 1 aromatic carbocycles. The number of hydrogen-bond acceptors (Lipinski definition) is 2. The molecule has 1 heterocycles. The molecule has 3 rings (SSSR count). The molecule has 1 aliphatic carbocycles. The van der Waals surface area contributed by atoms with Crippen molar-refractivity contribution in [3.63, 3.8) is 0 Å². The number of carboxylic acid groups (broad SMARTS) is 1. The number of carboxylic acids is 1. The SMILES string of the molecule is CCc1cc2c(c(C)c1F)c(=O)c(C(=O)O)cn2C1CC1. The van der Waals surface area contributed by atoms with Crippen molar-refractivity contribution < 1.29 is 14.3 Å². The molecule has 0 amide bonds. The van der Waals surface area contributed by atoms with Gasteiger partial charge in [-0.25, -0.2) is 9.18 Å². The van der Waals surface area contributed by atoms with Gasteiger partial charge in [-0.2, -0.15) is 0 Å². The first kappa shape index (κ1) is 13.8. The standard InChI is InChI=1S/C16H16FNO3/c1-3-9-6-12-13(8(2)14(9)17)15(19)11(16(20)21)7-18(12)10-4-5-10/h6-7,10H,3-5H2,1-2H3,(H,20,21). The zero-order valence-electron chi connectivity index (χ0n) is 11.9. The van der Waals surface area contributed by atoms with Gasteiger partial charge in [-0.3, -0.25) is 4.79 Å². The number of hydrogen-bond donors (Lipinski definition) is 1. The largest absolute Gasteiger partial charge is 0.477 e. The fourth-order valence-corrected chi connectivity index (χ4v) is 2.80. The molecule has 2 aromatic rings. The number of pyridine rings is 1. The highest BCUT2D eigenvalue weighted by Crippen LogP contribution is 2.38. The summed E-state index contributed by atoms with van der Waals surface area (Å²) >= 11 is 0. The Hall–Kier alpha value is -2.17. The van der Waals surface area contributed by atoms with Crippen LogP contribution in [-0.4, -0.2) is 15.6 Å². The Morgan fingerprint density at radius 1 is 1.48 bits per heavy atom. The summed E-state index contributed by atoms with van der Waals surface area (Å²) in [4.78, 5) is 23.6. The number of aryl methyl sites for hydroxylation is 2. The molecule has 1 fully saturated rings. The van der Waals surface area contributed by atoms with E-state index in [-0.39, 0.29) is 22.6 Å². The highest BCUT2D eigenvalue weighted by Gasteiger charge is 2.28. The van der Waals surface area contributed by atoms with Crippen molar-refractivity contribution in [2.45, 2.75) is 39.2 Å². The normalized spacial score (nSPS) is 14.6. The van der Waals surface area contributed by atoms with E-state index in [9.17, 15) is 19.1 Å². The number of aromatic carboxylic acids is 1. The summed E-state index contributed by atoms with van der Waals surface area (Å²) in [6, 6.07) is 1.89. The van der Waals surface area contributed by atoms with Crippen molar-refractivity contribution in [2.75, 3.05) is 0 Å². The third-order valence-corrected chi connectivity index (χ3v) is 4.12. The molecule has 0 atom stereocenters. The van der Waals surface area contributed by atoms with Crippen LogP contribution in [0.4, 0.5) is 4.39 Å². The summed E-state index contributed by atoms with van der Waals surface area (Å²) in [5.41, 5.74) is 0.543. The Bertz CT molecular complexity index is 819. The van der Waals surface area contributed by atoms with Crippen LogP contribution in [-0.2, 0) is 6.42 Å². The number of aromatic nitrogens is 1. The van der Waals surface area contributed by atoms with Crippen LogP contribution in [0.3, 0.4) is 0 Å². The molecule has 110 valence electrons. The second-order valence-electron chi connectivity index (χ2n) is 5.54. The molecule has 0 radical (unpaired) electrons. The van der Waals surface area contributed by atoms with Crippen LogP contribution in [0.5, 0.6) is 0 Å². The van der Waals surface area contributed by atoms with Gasteiger partial charge in [0.25, 0.3) is 0 Å². The molecule has 1 aromatic heterocycles. The van der Waals surface area contributed by atoms with Gasteiger partial charge in [-0.1, -0.05) is 6.92 Å². The van der Waals surface area contributed by atoms with Crippen molar-refractivity contribution in [3.05, 3.63) is 45.0 Å². The highest BCUT2D eigenvalue weighted by atomic mass is 19.1. The lowest BCUT2D eigenvalue weighted by Gasteiger charge is -2.15. The van der Waals surface area contributed by atoms with E-state index >= 15 is 0 Å². The first-order valence-electron chi connectivity index (χ1n) is 7.05. The fourth-order valence-electron chi connectivity index (χ4n) is 2.80. The average molecular weight is 289 g/mol. The molecule has 4 nitrogen and oxygen atoms in total. The van der Waals surface area contributed by atoms with Crippen molar-refractivity contribution in [3.8, 4) is 0 Å². The topological polar surface area (TPSA) is 59.3 Å². The van der Waals surface area contributed by atoms with Gasteiger partial charge >= 0.3 is 5.97 Å². The smallest absolute Gasteiger partial charge is 0.341 e. The number of fused-ring (bicyclic) bond motifs is 1. The monoisotopic (exact) mass is 289 g/mol. The predicted octanol–water partition coefficient (Wildman–Crippen LogP) is 3.04. The van der Waals surface area contributed by atoms with E-state index in [2.05, 4.69) is 0 Å². The van der Waals surface area contributed by atoms with E-state index in [0.29, 0.717) is 17.5 Å². The minimum atomic E-state index is -1.27. The van der Waals surface area contributed by atoms with Crippen LogP contribution in [0, 0.1) is 12.7 Å². The van der Waals surface area contributed by atoms with Crippen molar-refractivity contribution in [1.82, 2.24) is 4.57 Å². The summed E-state index contributed by atoms with van der Waals surface area (Å²) in [5, 5.41) is 9.40. The molecule has 5 heteroatoms. The Balaban J connectivity index is 2.50. The quantitative estimate of drug-likeness (QED) is 0.944. The summed E-state index contributed by atoms with van der Waals surface area (Å²) < 4.78 is 16.1. The third kappa shape index (κ3) is 2.04. The molecule has 0 unspecified atom stereocenters. The van der Waals surface area contributed by atoms with E-state index in [0.717, 1.165) is 12.8 Å². The highest BCUT2D eigenvalue weighted by molar-refractivity contribution is 5.94. The van der Waals surface area contributed by atoms with Crippen LogP contribution in [0.1, 0.15) is 47.3 Å². The zero-order valence-corrected chi connectivity index (χ0v) is 11.9. The van der Waals surface area contributed by atoms with Gasteiger partial charge in [0.1, 0.15) is 11.4 Å². The number of nitrogens with zero attached hydrogens (tertiary/aromatic N) is 1. The van der Waals surface area contributed by atoms with E-state index in [1.165, 1.54) is 6.20 Å². The number of benzene rings is 1. The number of halogens is 1. The lowest BCUT2D eigenvalue weighted by atomic mass is 10.0. The minimum Gasteiger partial charge on any atom is -0.477 e. The number of carbonyl (C=O) groups is 1. The van der Waals surface area contributed by atoms with Crippen molar-refractivity contribution in [1.29, 1.82) is 0 Å². The Labute approximate surface area is 120 Å². The molecule has 0 aliphatic heterocycles. The molecular weight excluding hydrogens is 273 g/mol. The third-order valence-electron chi connectivity index (χ3n) is 4.12. The van der Waals surface area contributed by atoms with Crippen LogP contribution in [0.2, 0.25) is 0 Å². The van der Waals surface area contributed by atoms with Crippen LogP contribution in [0.15, 0.2) is 17.1 Å².